The Labute approximate surface area is 129 Å². The van der Waals surface area contributed by atoms with E-state index in [0.29, 0.717) is 0 Å². The Morgan fingerprint density at radius 1 is 1.38 bits per heavy atom. The van der Waals surface area contributed by atoms with Gasteiger partial charge in [-0.3, -0.25) is 9.59 Å². The van der Waals surface area contributed by atoms with E-state index < -0.39 is 8.24 Å². The Balaban J connectivity index is 3.22. The second-order valence-corrected chi connectivity index (χ2v) is 12.7. The van der Waals surface area contributed by atoms with Gasteiger partial charge in [0.25, 0.3) is 0 Å². The SMILES string of the molecule is C=C(C)[C@@H]1C(=O)N([Si](C)(C)C(C)(C)C)[C@@H]1[C@@H](C)C(=O)OC. The molecule has 3 atom stereocenters. The van der Waals surface area contributed by atoms with Gasteiger partial charge in [-0.25, -0.2) is 0 Å². The molecule has 1 rings (SSSR count). The van der Waals surface area contributed by atoms with Gasteiger partial charge in [0.05, 0.1) is 25.0 Å². The summed E-state index contributed by atoms with van der Waals surface area (Å²) in [6.45, 7) is 18.5. The van der Waals surface area contributed by atoms with E-state index in [9.17, 15) is 9.59 Å². The number of amides is 1. The van der Waals surface area contributed by atoms with Crippen molar-refractivity contribution in [3.63, 3.8) is 0 Å². The maximum absolute atomic E-state index is 12.7. The molecule has 1 saturated heterocycles. The summed E-state index contributed by atoms with van der Waals surface area (Å²) in [7, 11) is -0.627. The van der Waals surface area contributed by atoms with Crippen molar-refractivity contribution in [3.8, 4) is 0 Å². The van der Waals surface area contributed by atoms with Crippen LogP contribution in [0.15, 0.2) is 12.2 Å². The second-order valence-electron chi connectivity index (χ2n) is 7.64. The first-order valence-corrected chi connectivity index (χ1v) is 10.4. The molecule has 0 spiro atoms. The smallest absolute Gasteiger partial charge is 0.310 e. The zero-order valence-electron chi connectivity index (χ0n) is 14.6. The lowest BCUT2D eigenvalue weighted by Gasteiger charge is -2.59. The highest BCUT2D eigenvalue weighted by atomic mass is 28.3. The maximum Gasteiger partial charge on any atom is 0.310 e. The number of esters is 1. The van der Waals surface area contributed by atoms with Crippen molar-refractivity contribution < 1.29 is 14.3 Å². The molecule has 4 nitrogen and oxygen atoms in total. The van der Waals surface area contributed by atoms with Gasteiger partial charge in [-0.05, 0) is 18.9 Å². The summed E-state index contributed by atoms with van der Waals surface area (Å²) in [5.41, 5.74) is 0.829. The third kappa shape index (κ3) is 2.80. The Morgan fingerprint density at radius 2 is 1.86 bits per heavy atom. The van der Waals surface area contributed by atoms with Crippen molar-refractivity contribution in [1.29, 1.82) is 0 Å². The monoisotopic (exact) mass is 311 g/mol. The van der Waals surface area contributed by atoms with E-state index in [1.807, 2.05) is 18.4 Å². The van der Waals surface area contributed by atoms with Crippen LogP contribution in [0.2, 0.25) is 18.1 Å². The number of ether oxygens (including phenoxy) is 1. The van der Waals surface area contributed by atoms with Crippen molar-refractivity contribution in [3.05, 3.63) is 12.2 Å². The van der Waals surface area contributed by atoms with Crippen LogP contribution in [-0.2, 0) is 14.3 Å². The minimum absolute atomic E-state index is 0.0385. The number of carbonyl (C=O) groups is 2. The fourth-order valence-electron chi connectivity index (χ4n) is 2.86. The van der Waals surface area contributed by atoms with E-state index in [0.717, 1.165) is 5.57 Å². The number of hydrogen-bond donors (Lipinski definition) is 0. The first kappa shape index (κ1) is 17.9. The van der Waals surface area contributed by atoms with E-state index in [2.05, 4.69) is 40.4 Å². The number of nitrogens with zero attached hydrogens (tertiary/aromatic N) is 1. The fourth-order valence-corrected chi connectivity index (χ4v) is 5.39. The minimum atomic E-state index is -2.02. The molecule has 0 radical (unpaired) electrons. The minimum Gasteiger partial charge on any atom is -0.469 e. The van der Waals surface area contributed by atoms with Gasteiger partial charge in [-0.2, -0.15) is 0 Å². The Bertz CT molecular complexity index is 465. The predicted octanol–water partition coefficient (Wildman–Crippen LogP) is 3.20. The molecule has 120 valence electrons. The number of rotatable bonds is 4. The van der Waals surface area contributed by atoms with Crippen LogP contribution in [-0.4, -0.2) is 37.8 Å². The summed E-state index contributed by atoms with van der Waals surface area (Å²) >= 11 is 0. The molecule has 1 amide bonds. The fraction of sp³-hybridized carbons (Fsp3) is 0.750. The lowest BCUT2D eigenvalue weighted by molar-refractivity contribution is -0.157. The highest BCUT2D eigenvalue weighted by Crippen LogP contribution is 2.48. The topological polar surface area (TPSA) is 46.6 Å². The molecule has 1 aliphatic heterocycles. The molecule has 0 unspecified atom stereocenters. The van der Waals surface area contributed by atoms with Gasteiger partial charge in [0.2, 0.25) is 5.91 Å². The highest BCUT2D eigenvalue weighted by molar-refractivity contribution is 6.80. The second kappa shape index (κ2) is 5.59. The van der Waals surface area contributed by atoms with Gasteiger partial charge in [0, 0.05) is 0 Å². The number of β-lactam (4-membered cyclic amide) rings is 1. The molecule has 5 heteroatoms. The van der Waals surface area contributed by atoms with Crippen LogP contribution in [0.5, 0.6) is 0 Å². The van der Waals surface area contributed by atoms with E-state index in [4.69, 9.17) is 4.74 Å². The van der Waals surface area contributed by atoms with Crippen LogP contribution in [0.3, 0.4) is 0 Å². The van der Waals surface area contributed by atoms with Gasteiger partial charge in [-0.1, -0.05) is 46.0 Å². The molecule has 0 saturated carbocycles. The van der Waals surface area contributed by atoms with Gasteiger partial charge < -0.3 is 9.30 Å². The van der Waals surface area contributed by atoms with E-state index >= 15 is 0 Å². The van der Waals surface area contributed by atoms with E-state index in [1.165, 1.54) is 7.11 Å². The summed E-state index contributed by atoms with van der Waals surface area (Å²) < 4.78 is 6.88. The van der Waals surface area contributed by atoms with Gasteiger partial charge >= 0.3 is 5.97 Å². The molecule has 0 aromatic carbocycles. The molecule has 0 N–H and O–H groups in total. The van der Waals surface area contributed by atoms with Crippen LogP contribution in [0.4, 0.5) is 0 Å². The van der Waals surface area contributed by atoms with Crippen molar-refractivity contribution in [1.82, 2.24) is 4.57 Å². The van der Waals surface area contributed by atoms with Gasteiger partial charge in [0.15, 0.2) is 8.24 Å². The van der Waals surface area contributed by atoms with Crippen molar-refractivity contribution in [2.45, 2.75) is 58.8 Å². The maximum atomic E-state index is 12.7. The third-order valence-corrected chi connectivity index (χ3v) is 10.6. The molecule has 0 aromatic rings. The molecule has 21 heavy (non-hydrogen) atoms. The van der Waals surface area contributed by atoms with Crippen molar-refractivity contribution >= 4 is 20.1 Å². The van der Waals surface area contributed by atoms with Crippen LogP contribution in [0, 0.1) is 11.8 Å². The first-order valence-electron chi connectivity index (χ1n) is 7.44. The lowest BCUT2D eigenvalue weighted by atomic mass is 9.78. The highest BCUT2D eigenvalue weighted by Gasteiger charge is 2.59. The number of carbonyl (C=O) groups excluding carboxylic acids is 2. The van der Waals surface area contributed by atoms with E-state index in [1.54, 1.807) is 0 Å². The summed E-state index contributed by atoms with van der Waals surface area (Å²) in [4.78, 5) is 24.6. The zero-order valence-corrected chi connectivity index (χ0v) is 15.6. The van der Waals surface area contributed by atoms with Crippen LogP contribution < -0.4 is 0 Å². The van der Waals surface area contributed by atoms with E-state index in [-0.39, 0.29) is 34.8 Å². The average Bonchev–Trinajstić information content (AvgIpc) is 2.31. The summed E-state index contributed by atoms with van der Waals surface area (Å²) in [6.07, 6.45) is 0. The number of hydrogen-bond acceptors (Lipinski definition) is 3. The normalized spacial score (nSPS) is 24.4. The molecule has 1 heterocycles. The molecular weight excluding hydrogens is 282 g/mol. The molecular formula is C16H29NO3Si. The standard InChI is InChI=1S/C16H29NO3Si/c1-10(2)12-13(11(3)15(19)20-7)17(14(12)18)21(8,9)16(4,5)6/h11-13H,1H2,2-9H3/t11-,12+,13-/m1/s1. The summed E-state index contributed by atoms with van der Waals surface area (Å²) in [6, 6.07) is -0.122. The largest absolute Gasteiger partial charge is 0.469 e. The lowest BCUT2D eigenvalue weighted by Crippen LogP contribution is -2.74. The zero-order chi connectivity index (χ0) is 16.7. The van der Waals surface area contributed by atoms with Crippen LogP contribution in [0.25, 0.3) is 0 Å². The predicted molar refractivity (Wildman–Crippen MR) is 87.3 cm³/mol. The quantitative estimate of drug-likeness (QED) is 0.347. The molecule has 0 aromatic heterocycles. The van der Waals surface area contributed by atoms with Crippen LogP contribution >= 0.6 is 0 Å². The average molecular weight is 311 g/mol. The number of methoxy groups -OCH3 is 1. The first-order chi connectivity index (χ1) is 9.37. The summed E-state index contributed by atoms with van der Waals surface area (Å²) in [5.74, 6) is -0.728. The molecule has 1 fully saturated rings. The molecule has 0 aliphatic carbocycles. The third-order valence-electron chi connectivity index (χ3n) is 5.20. The van der Waals surface area contributed by atoms with Crippen molar-refractivity contribution in [2.75, 3.05) is 7.11 Å². The van der Waals surface area contributed by atoms with Gasteiger partial charge in [-0.15, -0.1) is 0 Å². The van der Waals surface area contributed by atoms with Crippen molar-refractivity contribution in [2.24, 2.45) is 11.8 Å². The molecule has 0 bridgehead atoms. The van der Waals surface area contributed by atoms with Crippen LogP contribution in [0.1, 0.15) is 34.6 Å². The molecule has 1 aliphatic rings. The Hall–Kier alpha value is -1.10. The Morgan fingerprint density at radius 3 is 2.19 bits per heavy atom. The Kier molecular flexibility index (Phi) is 4.78. The van der Waals surface area contributed by atoms with Gasteiger partial charge in [0.1, 0.15) is 0 Å². The summed E-state index contributed by atoms with van der Waals surface area (Å²) in [5, 5.41) is 0.0385.